The van der Waals surface area contributed by atoms with Gasteiger partial charge in [0.15, 0.2) is 5.82 Å². The fourth-order valence-corrected chi connectivity index (χ4v) is 2.25. The van der Waals surface area contributed by atoms with Gasteiger partial charge in [0, 0.05) is 18.8 Å². The Morgan fingerprint density at radius 2 is 2.37 bits per heavy atom. The highest BCUT2D eigenvalue weighted by Gasteiger charge is 2.31. The molecule has 0 aromatic carbocycles. The molecule has 1 fully saturated rings. The molecular formula is C14H19N3O2. The van der Waals surface area contributed by atoms with Crippen molar-refractivity contribution in [2.24, 2.45) is 5.92 Å². The fourth-order valence-electron chi connectivity index (χ4n) is 2.25. The molecule has 1 aliphatic rings. The van der Waals surface area contributed by atoms with Crippen LogP contribution in [0.15, 0.2) is 23.0 Å². The second-order valence-electron chi connectivity index (χ2n) is 5.25. The highest BCUT2D eigenvalue weighted by Crippen LogP contribution is 2.40. The Morgan fingerprint density at radius 3 is 3.11 bits per heavy atom. The Bertz CT molecular complexity index is 542. The Balaban J connectivity index is 1.65. The van der Waals surface area contributed by atoms with Crippen LogP contribution in [-0.2, 0) is 13.0 Å². The van der Waals surface area contributed by atoms with Gasteiger partial charge in [-0.15, -0.1) is 0 Å². The molecule has 5 heteroatoms. The Kier molecular flexibility index (Phi) is 3.38. The molecule has 0 radical (unpaired) electrons. The lowest BCUT2D eigenvalue weighted by molar-refractivity contribution is 0.154. The van der Waals surface area contributed by atoms with Crippen LogP contribution in [0.3, 0.4) is 0 Å². The minimum absolute atomic E-state index is 0.320. The first-order valence-corrected chi connectivity index (χ1v) is 6.91. The summed E-state index contributed by atoms with van der Waals surface area (Å²) in [6.45, 7) is 2.65. The molecule has 1 atom stereocenters. The number of rotatable bonds is 6. The van der Waals surface area contributed by atoms with Gasteiger partial charge in [-0.25, -0.2) is 0 Å². The maximum absolute atomic E-state index is 10.0. The van der Waals surface area contributed by atoms with Crippen LogP contribution in [0.1, 0.15) is 49.6 Å². The van der Waals surface area contributed by atoms with Crippen molar-refractivity contribution in [2.75, 3.05) is 0 Å². The third-order valence-electron chi connectivity index (χ3n) is 3.48. The normalized spacial score (nSPS) is 16.7. The van der Waals surface area contributed by atoms with Crippen LogP contribution in [0.4, 0.5) is 0 Å². The molecule has 102 valence electrons. The average molecular weight is 261 g/mol. The van der Waals surface area contributed by atoms with E-state index in [2.05, 4.69) is 17.1 Å². The van der Waals surface area contributed by atoms with E-state index in [4.69, 9.17) is 4.52 Å². The first-order valence-electron chi connectivity index (χ1n) is 6.91. The number of aryl methyl sites for hydroxylation is 1. The molecule has 5 nitrogen and oxygen atoms in total. The van der Waals surface area contributed by atoms with Gasteiger partial charge in [-0.2, -0.15) is 4.98 Å². The van der Waals surface area contributed by atoms with E-state index in [0.29, 0.717) is 18.4 Å². The van der Waals surface area contributed by atoms with E-state index in [1.165, 1.54) is 0 Å². The molecular weight excluding hydrogens is 242 g/mol. The van der Waals surface area contributed by atoms with Crippen molar-refractivity contribution in [1.82, 2.24) is 14.7 Å². The van der Waals surface area contributed by atoms with Crippen LogP contribution >= 0.6 is 0 Å². The lowest BCUT2D eigenvalue weighted by Crippen LogP contribution is -2.00. The van der Waals surface area contributed by atoms with Crippen molar-refractivity contribution in [1.29, 1.82) is 0 Å². The van der Waals surface area contributed by atoms with Gasteiger partial charge < -0.3 is 14.2 Å². The maximum Gasteiger partial charge on any atom is 0.246 e. The second kappa shape index (κ2) is 5.17. The van der Waals surface area contributed by atoms with E-state index in [1.54, 1.807) is 0 Å². The minimum Gasteiger partial charge on any atom is -0.388 e. The highest BCUT2D eigenvalue weighted by atomic mass is 16.5. The predicted molar refractivity (Wildman–Crippen MR) is 69.5 cm³/mol. The zero-order valence-corrected chi connectivity index (χ0v) is 11.1. The van der Waals surface area contributed by atoms with Gasteiger partial charge in [-0.1, -0.05) is 12.1 Å². The quantitative estimate of drug-likeness (QED) is 0.866. The summed E-state index contributed by atoms with van der Waals surface area (Å²) in [6, 6.07) is 1.96. The van der Waals surface area contributed by atoms with Gasteiger partial charge in [0.05, 0.1) is 6.10 Å². The molecule has 0 aliphatic heterocycles. The van der Waals surface area contributed by atoms with Crippen LogP contribution in [0.2, 0.25) is 0 Å². The van der Waals surface area contributed by atoms with Crippen molar-refractivity contribution >= 4 is 0 Å². The summed E-state index contributed by atoms with van der Waals surface area (Å²) >= 11 is 0. The van der Waals surface area contributed by atoms with Crippen LogP contribution in [-0.4, -0.2) is 19.8 Å². The summed E-state index contributed by atoms with van der Waals surface area (Å²) in [6.07, 6.45) is 7.73. The van der Waals surface area contributed by atoms with Crippen LogP contribution in [0, 0.1) is 5.92 Å². The summed E-state index contributed by atoms with van der Waals surface area (Å²) in [7, 11) is 0. The van der Waals surface area contributed by atoms with E-state index in [9.17, 15) is 5.11 Å². The summed E-state index contributed by atoms with van der Waals surface area (Å²) in [5.41, 5.74) is 0.982. The molecule has 0 spiro atoms. The molecule has 2 aromatic heterocycles. The van der Waals surface area contributed by atoms with Gasteiger partial charge in [-0.3, -0.25) is 0 Å². The number of aliphatic hydroxyl groups excluding tert-OH is 1. The average Bonchev–Trinajstić information content (AvgIpc) is 3.00. The summed E-state index contributed by atoms with van der Waals surface area (Å²) in [5.74, 6) is 1.84. The SMILES string of the molecule is CCCc1noc(Cn2ccc(C(O)C3CC3)c2)n1. The largest absolute Gasteiger partial charge is 0.388 e. The number of hydrogen-bond acceptors (Lipinski definition) is 4. The van der Waals surface area contributed by atoms with E-state index in [-0.39, 0.29) is 6.10 Å². The molecule has 1 aliphatic carbocycles. The van der Waals surface area contributed by atoms with Crippen molar-refractivity contribution in [3.8, 4) is 0 Å². The number of aliphatic hydroxyl groups is 1. The van der Waals surface area contributed by atoms with Crippen LogP contribution in [0.5, 0.6) is 0 Å². The predicted octanol–water partition coefficient (Wildman–Crippen LogP) is 2.32. The van der Waals surface area contributed by atoms with E-state index >= 15 is 0 Å². The summed E-state index contributed by atoms with van der Waals surface area (Å²) in [5, 5.41) is 14.0. The molecule has 2 aromatic rings. The van der Waals surface area contributed by atoms with Crippen molar-refractivity contribution in [3.05, 3.63) is 35.7 Å². The first kappa shape index (κ1) is 12.4. The van der Waals surface area contributed by atoms with Crippen LogP contribution < -0.4 is 0 Å². The third-order valence-corrected chi connectivity index (χ3v) is 3.48. The van der Waals surface area contributed by atoms with Gasteiger partial charge in [-0.05, 0) is 36.8 Å². The lowest BCUT2D eigenvalue weighted by Gasteiger charge is -2.05. The van der Waals surface area contributed by atoms with E-state index in [1.807, 2.05) is 23.0 Å². The molecule has 1 N–H and O–H groups in total. The van der Waals surface area contributed by atoms with E-state index in [0.717, 1.165) is 37.1 Å². The van der Waals surface area contributed by atoms with Gasteiger partial charge in [0.1, 0.15) is 6.54 Å². The monoisotopic (exact) mass is 261 g/mol. The molecule has 0 saturated heterocycles. The standard InChI is InChI=1S/C14H19N3O2/c1-2-3-12-15-13(19-16-12)9-17-7-6-11(8-17)14(18)10-4-5-10/h6-8,10,14,18H,2-5,9H2,1H3. The van der Waals surface area contributed by atoms with Crippen molar-refractivity contribution in [3.63, 3.8) is 0 Å². The Morgan fingerprint density at radius 1 is 1.53 bits per heavy atom. The molecule has 1 unspecified atom stereocenters. The summed E-state index contributed by atoms with van der Waals surface area (Å²) < 4.78 is 7.18. The molecule has 3 rings (SSSR count). The smallest absolute Gasteiger partial charge is 0.246 e. The lowest BCUT2D eigenvalue weighted by atomic mass is 10.1. The molecule has 1 saturated carbocycles. The van der Waals surface area contributed by atoms with E-state index < -0.39 is 0 Å². The van der Waals surface area contributed by atoms with Gasteiger partial charge in [0.25, 0.3) is 0 Å². The first-order chi connectivity index (χ1) is 9.26. The maximum atomic E-state index is 10.0. The van der Waals surface area contributed by atoms with Crippen LogP contribution in [0.25, 0.3) is 0 Å². The van der Waals surface area contributed by atoms with Gasteiger partial charge in [0.2, 0.25) is 5.89 Å². The van der Waals surface area contributed by atoms with Crippen molar-refractivity contribution in [2.45, 2.75) is 45.3 Å². The molecule has 0 bridgehead atoms. The Hall–Kier alpha value is -1.62. The molecule has 0 amide bonds. The number of hydrogen-bond donors (Lipinski definition) is 1. The van der Waals surface area contributed by atoms with Gasteiger partial charge >= 0.3 is 0 Å². The minimum atomic E-state index is -0.320. The highest BCUT2D eigenvalue weighted by molar-refractivity contribution is 5.16. The number of aromatic nitrogens is 3. The van der Waals surface area contributed by atoms with Crippen molar-refractivity contribution < 1.29 is 9.63 Å². The summed E-state index contributed by atoms with van der Waals surface area (Å²) in [4.78, 5) is 4.34. The number of nitrogens with zero attached hydrogens (tertiary/aromatic N) is 3. The fraction of sp³-hybridized carbons (Fsp3) is 0.571. The zero-order valence-electron chi connectivity index (χ0n) is 11.1. The zero-order chi connectivity index (χ0) is 13.2. The second-order valence-corrected chi connectivity index (χ2v) is 5.25. The third kappa shape index (κ3) is 2.87. The molecule has 19 heavy (non-hydrogen) atoms. The topological polar surface area (TPSA) is 64.1 Å². The molecule has 2 heterocycles. The Labute approximate surface area is 112 Å².